The molecule has 2 aromatic heterocycles. The molecule has 10 heteroatoms. The number of benzene rings is 2. The lowest BCUT2D eigenvalue weighted by molar-refractivity contribution is -0.138. The van der Waals surface area contributed by atoms with Gasteiger partial charge < -0.3 is 24.6 Å². The zero-order valence-corrected chi connectivity index (χ0v) is 22.1. The summed E-state index contributed by atoms with van der Waals surface area (Å²) < 4.78 is 11.3. The number of furan rings is 1. The first-order chi connectivity index (χ1) is 18.2. The number of carboxylic acids is 1. The average Bonchev–Trinajstić information content (AvgIpc) is 3.26. The topological polar surface area (TPSA) is 139 Å². The fourth-order valence-electron chi connectivity index (χ4n) is 4.42. The molecule has 0 aliphatic heterocycles. The second-order valence-electron chi connectivity index (χ2n) is 9.09. The number of aryl methyl sites for hydroxylation is 3. The third-order valence-electron chi connectivity index (χ3n) is 6.27. The lowest BCUT2D eigenvalue weighted by Crippen LogP contribution is -2.50. The Balaban J connectivity index is 1.56. The second kappa shape index (κ2) is 11.6. The maximum absolute atomic E-state index is 13.0. The highest BCUT2D eigenvalue weighted by atomic mass is 32.2. The minimum Gasteiger partial charge on any atom is -0.480 e. The van der Waals surface area contributed by atoms with Crippen LogP contribution in [0.3, 0.4) is 0 Å². The molecular weight excluding hydrogens is 508 g/mol. The van der Waals surface area contributed by atoms with Crippen molar-refractivity contribution in [3.05, 3.63) is 80.9 Å². The van der Waals surface area contributed by atoms with Crippen molar-refractivity contribution in [2.24, 2.45) is 0 Å². The van der Waals surface area contributed by atoms with E-state index in [1.165, 1.54) is 11.8 Å². The molecule has 0 aliphatic rings. The van der Waals surface area contributed by atoms with Crippen LogP contribution in [0.1, 0.15) is 27.8 Å². The Kier molecular flexibility index (Phi) is 8.21. The quantitative estimate of drug-likeness (QED) is 0.261. The molecule has 0 fully saturated rings. The number of carbonyl (C=O) groups excluding carboxylic acids is 2. The number of aliphatic carboxylic acids is 1. The van der Waals surface area contributed by atoms with E-state index in [0.29, 0.717) is 27.9 Å². The molecule has 0 spiro atoms. The van der Waals surface area contributed by atoms with Crippen molar-refractivity contribution in [2.75, 3.05) is 12.3 Å². The largest absolute Gasteiger partial charge is 0.480 e. The van der Waals surface area contributed by atoms with E-state index in [1.807, 2.05) is 44.2 Å². The number of hydrogen-bond acceptors (Lipinski definition) is 7. The van der Waals surface area contributed by atoms with E-state index in [9.17, 15) is 19.2 Å². The molecule has 2 aromatic carbocycles. The average molecular weight is 537 g/mol. The van der Waals surface area contributed by atoms with E-state index < -0.39 is 36.0 Å². The number of rotatable bonds is 10. The molecule has 4 rings (SSSR count). The first-order valence-corrected chi connectivity index (χ1v) is 13.2. The molecule has 1 atom stereocenters. The lowest BCUT2D eigenvalue weighted by Gasteiger charge is -2.18. The summed E-state index contributed by atoms with van der Waals surface area (Å²) >= 11 is 1.42. The maximum atomic E-state index is 13.0. The maximum Gasteiger partial charge on any atom is 0.340 e. The number of fused-ring (bicyclic) bond motifs is 3. The Morgan fingerprint density at radius 2 is 1.79 bits per heavy atom. The van der Waals surface area contributed by atoms with Gasteiger partial charge >= 0.3 is 11.6 Å². The van der Waals surface area contributed by atoms with Crippen LogP contribution in [0.4, 0.5) is 0 Å². The Bertz CT molecular complexity index is 1570. The van der Waals surface area contributed by atoms with E-state index in [-0.39, 0.29) is 17.7 Å². The molecule has 198 valence electrons. The lowest BCUT2D eigenvalue weighted by atomic mass is 9.98. The molecule has 9 nitrogen and oxygen atoms in total. The predicted molar refractivity (Wildman–Crippen MR) is 145 cm³/mol. The smallest absolute Gasteiger partial charge is 0.340 e. The van der Waals surface area contributed by atoms with Crippen molar-refractivity contribution in [1.29, 1.82) is 0 Å². The van der Waals surface area contributed by atoms with E-state index >= 15 is 0 Å². The van der Waals surface area contributed by atoms with E-state index in [2.05, 4.69) is 10.6 Å². The molecule has 4 aromatic rings. The van der Waals surface area contributed by atoms with Crippen LogP contribution in [0.25, 0.3) is 21.9 Å². The number of thioether (sulfide) groups is 1. The minimum atomic E-state index is -1.19. The van der Waals surface area contributed by atoms with Crippen molar-refractivity contribution in [3.8, 4) is 0 Å². The van der Waals surface area contributed by atoms with Crippen LogP contribution in [0.15, 0.2) is 56.3 Å². The number of carbonyl (C=O) groups is 3. The molecule has 2 heterocycles. The van der Waals surface area contributed by atoms with Gasteiger partial charge in [-0.25, -0.2) is 4.79 Å². The minimum absolute atomic E-state index is 0.163. The van der Waals surface area contributed by atoms with Crippen molar-refractivity contribution < 1.29 is 28.3 Å². The molecular formula is C28H28N2O7S. The van der Waals surface area contributed by atoms with Crippen molar-refractivity contribution >= 4 is 51.5 Å². The third kappa shape index (κ3) is 5.91. The fraction of sp³-hybridized carbons (Fsp3) is 0.286. The van der Waals surface area contributed by atoms with E-state index in [0.717, 1.165) is 22.1 Å². The Morgan fingerprint density at radius 1 is 1.05 bits per heavy atom. The van der Waals surface area contributed by atoms with Crippen LogP contribution in [0, 0.1) is 20.8 Å². The van der Waals surface area contributed by atoms with Gasteiger partial charge in [0.15, 0.2) is 0 Å². The summed E-state index contributed by atoms with van der Waals surface area (Å²) in [6.45, 7) is 5.01. The number of carboxylic acid groups (broad SMARTS) is 1. The molecule has 2 amide bonds. The Morgan fingerprint density at radius 3 is 2.50 bits per heavy atom. The van der Waals surface area contributed by atoms with Gasteiger partial charge in [-0.15, -0.1) is 0 Å². The summed E-state index contributed by atoms with van der Waals surface area (Å²) in [7, 11) is 0. The SMILES string of the molecule is Cc1coc2c1c(C)cc1oc(=O)c(CC(=O)NC(CSCc3ccccc3)C(=O)NCC(=O)O)c(C)c12. The Labute approximate surface area is 222 Å². The van der Waals surface area contributed by atoms with E-state index in [4.69, 9.17) is 13.9 Å². The van der Waals surface area contributed by atoms with Crippen molar-refractivity contribution in [1.82, 2.24) is 10.6 Å². The van der Waals surface area contributed by atoms with Gasteiger partial charge in [0.25, 0.3) is 0 Å². The van der Waals surface area contributed by atoms with Crippen LogP contribution in [0.2, 0.25) is 0 Å². The zero-order valence-electron chi connectivity index (χ0n) is 21.3. The predicted octanol–water partition coefficient (Wildman–Crippen LogP) is 3.63. The molecule has 0 aliphatic carbocycles. The summed E-state index contributed by atoms with van der Waals surface area (Å²) in [4.78, 5) is 49.5. The molecule has 1 unspecified atom stereocenters. The van der Waals surface area contributed by atoms with Gasteiger partial charge in [0.05, 0.1) is 23.6 Å². The van der Waals surface area contributed by atoms with Gasteiger partial charge in [0.1, 0.15) is 23.8 Å². The molecule has 0 saturated carbocycles. The number of amides is 2. The molecule has 3 N–H and O–H groups in total. The van der Waals surface area contributed by atoms with Gasteiger partial charge in [-0.3, -0.25) is 14.4 Å². The number of nitrogens with one attached hydrogen (secondary N) is 2. The molecule has 0 radical (unpaired) electrons. The van der Waals surface area contributed by atoms with Crippen LogP contribution < -0.4 is 16.3 Å². The standard InChI is InChI=1S/C28H28N2O7S/c1-15-9-21-25(26-24(15)16(2)12-36-26)17(3)19(28(35)37-21)10-22(31)30-20(27(34)29-11-23(32)33)14-38-13-18-7-5-4-6-8-18/h4-9,12,20H,10-11,13-14H2,1-3H3,(H,29,34)(H,30,31)(H,32,33). The summed E-state index contributed by atoms with van der Waals surface area (Å²) in [6, 6.07) is 10.4. The van der Waals surface area contributed by atoms with Crippen LogP contribution in [0.5, 0.6) is 0 Å². The summed E-state index contributed by atoms with van der Waals surface area (Å²) in [5.41, 5.74) is 3.96. The Hall–Kier alpha value is -4.05. The molecule has 0 bridgehead atoms. The van der Waals surface area contributed by atoms with Gasteiger partial charge in [0.2, 0.25) is 11.8 Å². The highest BCUT2D eigenvalue weighted by molar-refractivity contribution is 7.98. The summed E-state index contributed by atoms with van der Waals surface area (Å²) in [5, 5.41) is 15.4. The van der Waals surface area contributed by atoms with E-state index in [1.54, 1.807) is 19.3 Å². The van der Waals surface area contributed by atoms with Crippen LogP contribution in [-0.2, 0) is 26.6 Å². The van der Waals surface area contributed by atoms with Gasteiger partial charge in [-0.05, 0) is 49.1 Å². The zero-order chi connectivity index (χ0) is 27.4. The van der Waals surface area contributed by atoms with Gasteiger partial charge in [-0.2, -0.15) is 11.8 Å². The first-order valence-electron chi connectivity index (χ1n) is 12.0. The first kappa shape index (κ1) is 27.0. The van der Waals surface area contributed by atoms with Crippen molar-refractivity contribution in [2.45, 2.75) is 39.0 Å². The van der Waals surface area contributed by atoms with Gasteiger partial charge in [-0.1, -0.05) is 30.3 Å². The third-order valence-corrected chi connectivity index (χ3v) is 7.37. The second-order valence-corrected chi connectivity index (χ2v) is 10.1. The molecule has 38 heavy (non-hydrogen) atoms. The van der Waals surface area contributed by atoms with Crippen LogP contribution in [-0.4, -0.2) is 41.2 Å². The summed E-state index contributed by atoms with van der Waals surface area (Å²) in [6.07, 6.45) is 1.33. The van der Waals surface area contributed by atoms with Crippen molar-refractivity contribution in [3.63, 3.8) is 0 Å². The highest BCUT2D eigenvalue weighted by Gasteiger charge is 2.24. The number of hydrogen-bond donors (Lipinski definition) is 3. The molecule has 0 saturated heterocycles. The fourth-order valence-corrected chi connectivity index (χ4v) is 5.44. The summed E-state index contributed by atoms with van der Waals surface area (Å²) in [5.74, 6) is -1.56. The normalized spacial score (nSPS) is 12.0. The highest BCUT2D eigenvalue weighted by Crippen LogP contribution is 2.34. The monoisotopic (exact) mass is 536 g/mol. The van der Waals surface area contributed by atoms with Crippen LogP contribution >= 0.6 is 11.8 Å². The van der Waals surface area contributed by atoms with Gasteiger partial charge in [0, 0.05) is 16.9 Å².